The maximum Gasteiger partial charge on any atom is 0.356 e. The molecule has 1 aromatic heterocycles. The summed E-state index contributed by atoms with van der Waals surface area (Å²) in [7, 11) is 1.16. The fourth-order valence-corrected chi connectivity index (χ4v) is 1.29. The van der Waals surface area contributed by atoms with E-state index in [0.29, 0.717) is 4.47 Å². The highest BCUT2D eigenvalue weighted by atomic mass is 79.9. The second-order valence-corrected chi connectivity index (χ2v) is 3.30. The molecule has 0 bridgehead atoms. The number of pyridine rings is 1. The van der Waals surface area contributed by atoms with Crippen molar-refractivity contribution in [3.63, 3.8) is 0 Å². The largest absolute Gasteiger partial charge is 0.464 e. The van der Waals surface area contributed by atoms with Gasteiger partial charge in [-0.25, -0.2) is 18.6 Å². The summed E-state index contributed by atoms with van der Waals surface area (Å²) in [5.74, 6) is -0.742. The Bertz CT molecular complexity index is 357. The van der Waals surface area contributed by atoms with E-state index in [4.69, 9.17) is 0 Å². The molecule has 0 aliphatic rings. The number of ether oxygens (including phenoxy) is 1. The fraction of sp³-hybridized carbons (Fsp3) is 0.250. The van der Waals surface area contributed by atoms with Gasteiger partial charge in [-0.15, -0.1) is 0 Å². The minimum Gasteiger partial charge on any atom is -0.464 e. The lowest BCUT2D eigenvalue weighted by molar-refractivity contribution is 0.0592. The molecule has 1 aromatic rings. The monoisotopic (exact) mass is 265 g/mol. The first-order chi connectivity index (χ1) is 6.54. The zero-order valence-electron chi connectivity index (χ0n) is 7.13. The third-order valence-corrected chi connectivity index (χ3v) is 1.89. The fourth-order valence-electron chi connectivity index (χ4n) is 0.838. The molecule has 0 saturated heterocycles. The molecule has 0 radical (unpaired) electrons. The number of hydrogen-bond donors (Lipinski definition) is 0. The lowest BCUT2D eigenvalue weighted by atomic mass is 10.3. The van der Waals surface area contributed by atoms with Crippen molar-refractivity contribution in [3.05, 3.63) is 28.0 Å². The van der Waals surface area contributed by atoms with Crippen molar-refractivity contribution in [2.75, 3.05) is 7.11 Å². The lowest BCUT2D eigenvalue weighted by Gasteiger charge is -2.03. The number of esters is 1. The first-order valence-corrected chi connectivity index (χ1v) is 4.38. The molecule has 0 unspecified atom stereocenters. The van der Waals surface area contributed by atoms with E-state index in [1.54, 1.807) is 0 Å². The first-order valence-electron chi connectivity index (χ1n) is 3.58. The third kappa shape index (κ3) is 2.47. The Morgan fingerprint density at radius 3 is 2.71 bits per heavy atom. The summed E-state index contributed by atoms with van der Waals surface area (Å²) in [5, 5.41) is 0. The van der Waals surface area contributed by atoms with Gasteiger partial charge >= 0.3 is 5.97 Å². The number of rotatable bonds is 2. The molecule has 1 heterocycles. The molecule has 0 fully saturated rings. The summed E-state index contributed by atoms with van der Waals surface area (Å²) < 4.78 is 29.2. The number of nitrogens with zero attached hydrogens (tertiary/aromatic N) is 1. The van der Waals surface area contributed by atoms with E-state index >= 15 is 0 Å². The SMILES string of the molecule is COC(=O)c1cc(Br)cc(C(F)F)n1. The van der Waals surface area contributed by atoms with Crippen molar-refractivity contribution in [2.24, 2.45) is 0 Å². The van der Waals surface area contributed by atoms with Crippen LogP contribution in [0.25, 0.3) is 0 Å². The normalized spacial score (nSPS) is 10.4. The highest BCUT2D eigenvalue weighted by molar-refractivity contribution is 9.10. The van der Waals surface area contributed by atoms with Gasteiger partial charge in [0.25, 0.3) is 6.43 Å². The molecule has 0 aliphatic heterocycles. The Balaban J connectivity index is 3.13. The number of hydrogen-bond acceptors (Lipinski definition) is 3. The summed E-state index contributed by atoms with van der Waals surface area (Å²) >= 11 is 3.00. The molecule has 14 heavy (non-hydrogen) atoms. The predicted molar refractivity (Wildman–Crippen MR) is 48.2 cm³/mol. The van der Waals surface area contributed by atoms with Crippen LogP contribution in [0.5, 0.6) is 0 Å². The molecule has 0 aliphatic carbocycles. The van der Waals surface area contributed by atoms with Crippen molar-refractivity contribution in [1.29, 1.82) is 0 Å². The Hall–Kier alpha value is -1.04. The van der Waals surface area contributed by atoms with Crippen LogP contribution in [0.3, 0.4) is 0 Å². The van der Waals surface area contributed by atoms with Crippen molar-refractivity contribution < 1.29 is 18.3 Å². The third-order valence-electron chi connectivity index (χ3n) is 1.43. The highest BCUT2D eigenvalue weighted by Gasteiger charge is 2.15. The number of carbonyl (C=O) groups is 1. The zero-order valence-corrected chi connectivity index (χ0v) is 8.72. The Morgan fingerprint density at radius 2 is 2.21 bits per heavy atom. The molecule has 0 spiro atoms. The molecule has 1 rings (SSSR count). The maximum absolute atomic E-state index is 12.3. The van der Waals surface area contributed by atoms with E-state index in [1.165, 1.54) is 6.07 Å². The van der Waals surface area contributed by atoms with Crippen LogP contribution in [-0.4, -0.2) is 18.1 Å². The lowest BCUT2D eigenvalue weighted by Crippen LogP contribution is -2.06. The van der Waals surface area contributed by atoms with Gasteiger partial charge in [0.05, 0.1) is 7.11 Å². The minimum atomic E-state index is -2.71. The van der Waals surface area contributed by atoms with E-state index in [-0.39, 0.29) is 5.69 Å². The van der Waals surface area contributed by atoms with Crippen molar-refractivity contribution in [1.82, 2.24) is 4.98 Å². The molecular weight excluding hydrogens is 260 g/mol. The molecule has 0 amide bonds. The van der Waals surface area contributed by atoms with Gasteiger partial charge in [-0.1, -0.05) is 15.9 Å². The van der Waals surface area contributed by atoms with Crippen molar-refractivity contribution >= 4 is 21.9 Å². The Labute approximate surface area is 87.2 Å². The van der Waals surface area contributed by atoms with E-state index in [1.807, 2.05) is 0 Å². The second-order valence-electron chi connectivity index (χ2n) is 2.39. The van der Waals surface area contributed by atoms with E-state index < -0.39 is 18.1 Å². The van der Waals surface area contributed by atoms with Gasteiger partial charge < -0.3 is 4.74 Å². The molecule has 0 saturated carbocycles. The molecular formula is C8H6BrF2NO2. The number of alkyl halides is 2. The summed E-state index contributed by atoms with van der Waals surface area (Å²) in [5.41, 5.74) is -0.600. The van der Waals surface area contributed by atoms with Gasteiger partial charge in [-0.2, -0.15) is 0 Å². The molecule has 0 N–H and O–H groups in total. The van der Waals surface area contributed by atoms with Gasteiger partial charge in [0.1, 0.15) is 11.4 Å². The standard InChI is InChI=1S/C8H6BrF2NO2/c1-14-8(13)6-3-4(9)2-5(12-6)7(10)11/h2-3,7H,1H3. The second kappa shape index (κ2) is 4.45. The summed E-state index contributed by atoms with van der Waals surface area (Å²) in [6, 6.07) is 2.47. The van der Waals surface area contributed by atoms with Gasteiger partial charge in [-0.05, 0) is 12.1 Å². The average molecular weight is 266 g/mol. The maximum atomic E-state index is 12.3. The van der Waals surface area contributed by atoms with Crippen molar-refractivity contribution in [3.8, 4) is 0 Å². The molecule has 3 nitrogen and oxygen atoms in total. The van der Waals surface area contributed by atoms with Crippen LogP contribution in [0.15, 0.2) is 16.6 Å². The van der Waals surface area contributed by atoms with Crippen LogP contribution in [-0.2, 0) is 4.74 Å². The number of carbonyl (C=O) groups excluding carboxylic acids is 1. The van der Waals surface area contributed by atoms with Crippen LogP contribution < -0.4 is 0 Å². The van der Waals surface area contributed by atoms with E-state index in [9.17, 15) is 13.6 Å². The van der Waals surface area contributed by atoms with E-state index in [2.05, 4.69) is 25.7 Å². The topological polar surface area (TPSA) is 39.2 Å². The van der Waals surface area contributed by atoms with Gasteiger partial charge in [0.2, 0.25) is 0 Å². The Kier molecular flexibility index (Phi) is 3.51. The number of halogens is 3. The van der Waals surface area contributed by atoms with Crippen LogP contribution >= 0.6 is 15.9 Å². The van der Waals surface area contributed by atoms with Gasteiger partial charge in [-0.3, -0.25) is 0 Å². The summed E-state index contributed by atoms with van der Waals surface area (Å²) in [4.78, 5) is 14.4. The van der Waals surface area contributed by atoms with Crippen LogP contribution in [0.2, 0.25) is 0 Å². The molecule has 0 atom stereocenters. The summed E-state index contributed by atoms with van der Waals surface area (Å²) in [6.07, 6.45) is -2.71. The van der Waals surface area contributed by atoms with E-state index in [0.717, 1.165) is 13.2 Å². The van der Waals surface area contributed by atoms with Crippen molar-refractivity contribution in [2.45, 2.75) is 6.43 Å². The zero-order chi connectivity index (χ0) is 10.7. The Morgan fingerprint density at radius 1 is 1.57 bits per heavy atom. The molecule has 0 aromatic carbocycles. The van der Waals surface area contributed by atoms with Crippen LogP contribution in [0.1, 0.15) is 22.6 Å². The quantitative estimate of drug-likeness (QED) is 0.772. The first kappa shape index (κ1) is 11.0. The van der Waals surface area contributed by atoms with Crippen LogP contribution in [0.4, 0.5) is 8.78 Å². The molecule has 76 valence electrons. The molecule has 6 heteroatoms. The van der Waals surface area contributed by atoms with Gasteiger partial charge in [0.15, 0.2) is 0 Å². The predicted octanol–water partition coefficient (Wildman–Crippen LogP) is 2.57. The number of aromatic nitrogens is 1. The number of methoxy groups -OCH3 is 1. The van der Waals surface area contributed by atoms with Crippen LogP contribution in [0, 0.1) is 0 Å². The van der Waals surface area contributed by atoms with Gasteiger partial charge in [0, 0.05) is 4.47 Å². The minimum absolute atomic E-state index is 0.142. The summed E-state index contributed by atoms with van der Waals surface area (Å²) in [6.45, 7) is 0. The highest BCUT2D eigenvalue weighted by Crippen LogP contribution is 2.21. The average Bonchev–Trinajstić information content (AvgIpc) is 2.15. The smallest absolute Gasteiger partial charge is 0.356 e.